The number of ether oxygens (including phenoxy) is 1. The number of benzene rings is 1. The van der Waals surface area contributed by atoms with Gasteiger partial charge in [0.05, 0.1) is 18.2 Å². The zero-order chi connectivity index (χ0) is 10.7. The van der Waals surface area contributed by atoms with Crippen molar-refractivity contribution in [1.82, 2.24) is 0 Å². The lowest BCUT2D eigenvalue weighted by molar-refractivity contribution is 0.0599. The molecule has 1 rings (SSSR count). The van der Waals surface area contributed by atoms with Gasteiger partial charge < -0.3 is 4.74 Å². The van der Waals surface area contributed by atoms with E-state index in [4.69, 9.17) is 5.26 Å². The van der Waals surface area contributed by atoms with Crippen molar-refractivity contribution in [2.45, 2.75) is 0 Å². The summed E-state index contributed by atoms with van der Waals surface area (Å²) in [6, 6.07) is 5.46. The number of carbonyl (C=O) groups is 1. The van der Waals surface area contributed by atoms with Crippen LogP contribution in [-0.2, 0) is 4.74 Å². The fourth-order valence-electron chi connectivity index (χ4n) is 0.963. The van der Waals surface area contributed by atoms with Gasteiger partial charge in [-0.3, -0.25) is 0 Å². The van der Waals surface area contributed by atoms with Gasteiger partial charge in [-0.25, -0.2) is 4.79 Å². The molecule has 0 saturated carbocycles. The van der Waals surface area contributed by atoms with Crippen LogP contribution in [0.25, 0.3) is 0 Å². The van der Waals surface area contributed by atoms with Crippen LogP contribution in [0.1, 0.15) is 15.9 Å². The number of esters is 1. The zero-order valence-electron chi connectivity index (χ0n) is 7.17. The molecule has 0 aliphatic heterocycles. The minimum absolute atomic E-state index is 0.280. The van der Waals surface area contributed by atoms with Gasteiger partial charge in [0.15, 0.2) is 0 Å². The highest BCUT2D eigenvalue weighted by Gasteiger charge is 2.17. The molecule has 0 N–H and O–H groups in total. The fourth-order valence-corrected chi connectivity index (χ4v) is 2.03. The van der Waals surface area contributed by atoms with Crippen LogP contribution in [0, 0.1) is 14.9 Å². The molecule has 0 radical (unpaired) electrons. The minimum atomic E-state index is -0.507. The third-order valence-corrected chi connectivity index (χ3v) is 3.16. The van der Waals surface area contributed by atoms with Crippen LogP contribution in [-0.4, -0.2) is 13.1 Å². The van der Waals surface area contributed by atoms with Crippen molar-refractivity contribution >= 4 is 44.5 Å². The van der Waals surface area contributed by atoms with Crippen LogP contribution in [0.5, 0.6) is 0 Å². The van der Waals surface area contributed by atoms with Crippen molar-refractivity contribution in [3.63, 3.8) is 0 Å². The zero-order valence-corrected chi connectivity index (χ0v) is 10.9. The van der Waals surface area contributed by atoms with Crippen molar-refractivity contribution in [3.8, 4) is 6.07 Å². The van der Waals surface area contributed by atoms with Gasteiger partial charge in [0, 0.05) is 8.04 Å². The van der Waals surface area contributed by atoms with Gasteiger partial charge in [-0.05, 0) is 50.7 Å². The lowest BCUT2D eigenvalue weighted by Crippen LogP contribution is -2.06. The van der Waals surface area contributed by atoms with E-state index < -0.39 is 5.97 Å². The molecule has 0 saturated heterocycles. The number of methoxy groups -OCH3 is 1. The van der Waals surface area contributed by atoms with Crippen molar-refractivity contribution in [3.05, 3.63) is 31.3 Å². The van der Waals surface area contributed by atoms with Crippen LogP contribution >= 0.6 is 38.5 Å². The Morgan fingerprint density at radius 2 is 2.29 bits per heavy atom. The summed E-state index contributed by atoms with van der Waals surface area (Å²) in [6.45, 7) is 0. The van der Waals surface area contributed by atoms with Gasteiger partial charge in [0.2, 0.25) is 0 Å². The van der Waals surface area contributed by atoms with E-state index in [1.807, 2.05) is 28.7 Å². The third-order valence-electron chi connectivity index (χ3n) is 1.60. The van der Waals surface area contributed by atoms with E-state index in [0.29, 0.717) is 10.0 Å². The SMILES string of the molecule is COC(=O)c1c(Br)ccc(I)c1C#N. The van der Waals surface area contributed by atoms with Crippen molar-refractivity contribution in [2.24, 2.45) is 0 Å². The Morgan fingerprint density at radius 3 is 2.79 bits per heavy atom. The highest BCUT2D eigenvalue weighted by atomic mass is 127. The molecule has 0 atom stereocenters. The minimum Gasteiger partial charge on any atom is -0.465 e. The molecule has 0 heterocycles. The van der Waals surface area contributed by atoms with Crippen LogP contribution in [0.4, 0.5) is 0 Å². The lowest BCUT2D eigenvalue weighted by atomic mass is 10.1. The Kier molecular flexibility index (Phi) is 3.89. The van der Waals surface area contributed by atoms with Gasteiger partial charge in [-0.15, -0.1) is 0 Å². The Labute approximate surface area is 103 Å². The number of nitriles is 1. The molecule has 0 fully saturated rings. The van der Waals surface area contributed by atoms with E-state index >= 15 is 0 Å². The van der Waals surface area contributed by atoms with E-state index in [-0.39, 0.29) is 5.56 Å². The molecule has 5 heteroatoms. The molecule has 1 aromatic rings. The molecule has 0 aliphatic rings. The molecule has 0 aliphatic carbocycles. The number of hydrogen-bond donors (Lipinski definition) is 0. The molecule has 0 bridgehead atoms. The first-order valence-corrected chi connectivity index (χ1v) is 5.45. The molecule has 14 heavy (non-hydrogen) atoms. The van der Waals surface area contributed by atoms with Gasteiger partial charge in [-0.1, -0.05) is 0 Å². The Morgan fingerprint density at radius 1 is 1.64 bits per heavy atom. The summed E-state index contributed by atoms with van der Waals surface area (Å²) >= 11 is 5.21. The molecule has 1 aromatic carbocycles. The molecular weight excluding hydrogens is 361 g/mol. The molecule has 0 amide bonds. The average Bonchev–Trinajstić information content (AvgIpc) is 2.19. The molecule has 0 unspecified atom stereocenters. The summed E-state index contributed by atoms with van der Waals surface area (Å²) < 4.78 is 5.89. The summed E-state index contributed by atoms with van der Waals surface area (Å²) in [6.07, 6.45) is 0. The highest BCUT2D eigenvalue weighted by molar-refractivity contribution is 14.1. The van der Waals surface area contributed by atoms with Crippen molar-refractivity contribution in [1.29, 1.82) is 5.26 Å². The van der Waals surface area contributed by atoms with E-state index in [0.717, 1.165) is 3.57 Å². The largest absolute Gasteiger partial charge is 0.465 e. The number of halogens is 2. The normalized spacial score (nSPS) is 9.29. The second kappa shape index (κ2) is 4.75. The summed E-state index contributed by atoms with van der Waals surface area (Å²) in [5.74, 6) is -0.507. The fraction of sp³-hybridized carbons (Fsp3) is 0.111. The van der Waals surface area contributed by atoms with Crippen molar-refractivity contribution in [2.75, 3.05) is 7.11 Å². The number of carbonyl (C=O) groups excluding carboxylic acids is 1. The first-order valence-electron chi connectivity index (χ1n) is 3.58. The standard InChI is InChI=1S/C9H5BrINO2/c1-14-9(13)8-5(4-12)7(11)3-2-6(8)10/h2-3H,1H3. The van der Waals surface area contributed by atoms with Crippen LogP contribution < -0.4 is 0 Å². The number of nitrogens with zero attached hydrogens (tertiary/aromatic N) is 1. The second-order valence-electron chi connectivity index (χ2n) is 2.38. The Hall–Kier alpha value is -0.610. The summed E-state index contributed by atoms with van der Waals surface area (Å²) in [5, 5.41) is 8.88. The lowest BCUT2D eigenvalue weighted by Gasteiger charge is -2.05. The Balaban J connectivity index is 3.47. The predicted octanol–water partition coefficient (Wildman–Crippen LogP) is 2.71. The maximum Gasteiger partial charge on any atom is 0.340 e. The van der Waals surface area contributed by atoms with Crippen LogP contribution in [0.2, 0.25) is 0 Å². The van der Waals surface area contributed by atoms with E-state index in [9.17, 15) is 4.79 Å². The molecular formula is C9H5BrINO2. The number of rotatable bonds is 1. The molecule has 3 nitrogen and oxygen atoms in total. The average molecular weight is 366 g/mol. The monoisotopic (exact) mass is 365 g/mol. The maximum absolute atomic E-state index is 11.4. The first-order chi connectivity index (χ1) is 6.61. The summed E-state index contributed by atoms with van der Waals surface area (Å²) in [4.78, 5) is 11.4. The summed E-state index contributed by atoms with van der Waals surface area (Å²) in [7, 11) is 1.29. The van der Waals surface area contributed by atoms with Gasteiger partial charge in [-0.2, -0.15) is 5.26 Å². The topological polar surface area (TPSA) is 50.1 Å². The quantitative estimate of drug-likeness (QED) is 0.568. The number of hydrogen-bond acceptors (Lipinski definition) is 3. The van der Waals surface area contributed by atoms with Gasteiger partial charge >= 0.3 is 5.97 Å². The van der Waals surface area contributed by atoms with Gasteiger partial charge in [0.1, 0.15) is 6.07 Å². The second-order valence-corrected chi connectivity index (χ2v) is 4.40. The molecule has 72 valence electrons. The third kappa shape index (κ3) is 2.07. The Bertz CT molecular complexity index is 426. The predicted molar refractivity (Wildman–Crippen MR) is 62.9 cm³/mol. The smallest absolute Gasteiger partial charge is 0.340 e. The molecule has 0 spiro atoms. The molecule has 0 aromatic heterocycles. The van der Waals surface area contributed by atoms with Crippen molar-refractivity contribution < 1.29 is 9.53 Å². The maximum atomic E-state index is 11.4. The highest BCUT2D eigenvalue weighted by Crippen LogP contribution is 2.25. The van der Waals surface area contributed by atoms with E-state index in [2.05, 4.69) is 20.7 Å². The van der Waals surface area contributed by atoms with E-state index in [1.165, 1.54) is 7.11 Å². The van der Waals surface area contributed by atoms with E-state index in [1.54, 1.807) is 12.1 Å². The summed E-state index contributed by atoms with van der Waals surface area (Å²) in [5.41, 5.74) is 0.619. The first kappa shape index (κ1) is 11.5. The van der Waals surface area contributed by atoms with Crippen LogP contribution in [0.15, 0.2) is 16.6 Å². The van der Waals surface area contributed by atoms with Gasteiger partial charge in [0.25, 0.3) is 0 Å². The van der Waals surface area contributed by atoms with Crippen LogP contribution in [0.3, 0.4) is 0 Å².